The van der Waals surface area contributed by atoms with Crippen LogP contribution in [0.3, 0.4) is 0 Å². The molecular weight excluding hydrogens is 332 g/mol. The predicted octanol–water partition coefficient (Wildman–Crippen LogP) is 5.29. The summed E-state index contributed by atoms with van der Waals surface area (Å²) < 4.78 is 2.14. The van der Waals surface area contributed by atoms with Crippen LogP contribution in [0.15, 0.2) is 60.7 Å². The average molecular weight is 346 g/mol. The Hall–Kier alpha value is -2.98. The normalized spacial score (nSPS) is 11.1. The van der Waals surface area contributed by atoms with Crippen LogP contribution in [0.2, 0.25) is 0 Å². The summed E-state index contributed by atoms with van der Waals surface area (Å²) in [7, 11) is 0. The Morgan fingerprint density at radius 1 is 0.840 bits per heavy atom. The molecule has 4 rings (SSSR count). The zero-order valence-corrected chi connectivity index (χ0v) is 14.3. The summed E-state index contributed by atoms with van der Waals surface area (Å²) in [5, 5.41) is 11.4. The Morgan fingerprint density at radius 2 is 1.60 bits per heavy atom. The van der Waals surface area contributed by atoms with Gasteiger partial charge in [0.25, 0.3) is 0 Å². The zero-order valence-electron chi connectivity index (χ0n) is 13.4. The van der Waals surface area contributed by atoms with Crippen LogP contribution in [0.5, 0.6) is 0 Å². The van der Waals surface area contributed by atoms with E-state index in [0.29, 0.717) is 5.56 Å². The lowest BCUT2D eigenvalue weighted by Gasteiger charge is -2.08. The maximum Gasteiger partial charge on any atom is 0.336 e. The van der Waals surface area contributed by atoms with Crippen LogP contribution in [0, 0.1) is 6.92 Å². The van der Waals surface area contributed by atoms with Crippen molar-refractivity contribution in [3.8, 4) is 0 Å². The van der Waals surface area contributed by atoms with E-state index in [1.54, 1.807) is 29.5 Å². The van der Waals surface area contributed by atoms with E-state index in [-0.39, 0.29) is 16.9 Å². The van der Waals surface area contributed by atoms with Crippen LogP contribution in [-0.4, -0.2) is 16.9 Å². The largest absolute Gasteiger partial charge is 0.478 e. The molecule has 0 aliphatic rings. The minimum atomic E-state index is -1.09. The van der Waals surface area contributed by atoms with Gasteiger partial charge in [-0.25, -0.2) is 4.79 Å². The van der Waals surface area contributed by atoms with E-state index >= 15 is 0 Å². The second-order valence-electron chi connectivity index (χ2n) is 5.96. The molecule has 0 saturated carbocycles. The van der Waals surface area contributed by atoms with E-state index in [2.05, 4.69) is 0 Å². The van der Waals surface area contributed by atoms with Crippen LogP contribution < -0.4 is 0 Å². The van der Waals surface area contributed by atoms with Gasteiger partial charge in [0.05, 0.1) is 5.56 Å². The number of aromatic carboxylic acids is 1. The monoisotopic (exact) mass is 346 g/mol. The molecule has 0 spiro atoms. The van der Waals surface area contributed by atoms with Gasteiger partial charge in [-0.1, -0.05) is 42.0 Å². The Balaban J connectivity index is 2.01. The van der Waals surface area contributed by atoms with Gasteiger partial charge in [0, 0.05) is 31.3 Å². The first kappa shape index (κ1) is 15.5. The van der Waals surface area contributed by atoms with Gasteiger partial charge in [-0.2, -0.15) is 0 Å². The van der Waals surface area contributed by atoms with Crippen molar-refractivity contribution in [2.75, 3.05) is 0 Å². The fourth-order valence-corrected chi connectivity index (χ4v) is 4.27. The molecule has 1 heterocycles. The molecule has 1 N–H and O–H groups in total. The summed E-state index contributed by atoms with van der Waals surface area (Å²) >= 11 is 1.63. The van der Waals surface area contributed by atoms with E-state index in [9.17, 15) is 14.7 Å². The van der Waals surface area contributed by atoms with Crippen molar-refractivity contribution in [2.24, 2.45) is 0 Å². The number of thiophene rings is 1. The van der Waals surface area contributed by atoms with E-state index in [0.717, 1.165) is 25.7 Å². The molecule has 0 fully saturated rings. The molecule has 4 heteroatoms. The molecule has 4 aromatic rings. The Morgan fingerprint density at radius 3 is 2.40 bits per heavy atom. The van der Waals surface area contributed by atoms with Crippen LogP contribution in [0.25, 0.3) is 20.2 Å². The maximum absolute atomic E-state index is 13.2. The van der Waals surface area contributed by atoms with Gasteiger partial charge >= 0.3 is 5.97 Å². The minimum Gasteiger partial charge on any atom is -0.478 e. The molecule has 3 aromatic carbocycles. The molecule has 0 bridgehead atoms. The number of hydrogen-bond acceptors (Lipinski definition) is 3. The van der Waals surface area contributed by atoms with Crippen LogP contribution in [0.4, 0.5) is 0 Å². The van der Waals surface area contributed by atoms with Crippen LogP contribution in [0.1, 0.15) is 31.8 Å². The van der Waals surface area contributed by atoms with Crippen molar-refractivity contribution in [1.82, 2.24) is 0 Å². The molecule has 25 heavy (non-hydrogen) atoms. The van der Waals surface area contributed by atoms with E-state index in [1.165, 1.54) is 6.07 Å². The number of rotatable bonds is 3. The molecule has 0 aliphatic carbocycles. The highest BCUT2D eigenvalue weighted by Gasteiger charge is 2.21. The lowest BCUT2D eigenvalue weighted by Crippen LogP contribution is -2.10. The number of fused-ring (bicyclic) bond motifs is 3. The fraction of sp³-hybridized carbons (Fsp3) is 0.0476. The molecule has 0 unspecified atom stereocenters. The first-order valence-electron chi connectivity index (χ1n) is 7.85. The standard InChI is InChI=1S/C21H14O3S/c1-12-9-10-13(21(23)24)16(11-12)20(22)15-6-4-8-18-19(15)14-5-2-3-7-17(14)25-18/h2-11H,1H3,(H,23,24). The van der Waals surface area contributed by atoms with Crippen molar-refractivity contribution < 1.29 is 14.7 Å². The quantitative estimate of drug-likeness (QED) is 0.513. The second kappa shape index (κ2) is 5.83. The van der Waals surface area contributed by atoms with Gasteiger partial charge in [-0.3, -0.25) is 4.79 Å². The highest BCUT2D eigenvalue weighted by Crippen LogP contribution is 2.36. The smallest absolute Gasteiger partial charge is 0.336 e. The Labute approximate surface area is 148 Å². The highest BCUT2D eigenvalue weighted by molar-refractivity contribution is 7.25. The van der Waals surface area contributed by atoms with E-state index in [4.69, 9.17) is 0 Å². The average Bonchev–Trinajstić information content (AvgIpc) is 2.99. The number of ketones is 1. The summed E-state index contributed by atoms with van der Waals surface area (Å²) in [6.07, 6.45) is 0. The highest BCUT2D eigenvalue weighted by atomic mass is 32.1. The van der Waals surface area contributed by atoms with Gasteiger partial charge in [0.15, 0.2) is 5.78 Å². The summed E-state index contributed by atoms with van der Waals surface area (Å²) in [6.45, 7) is 1.85. The number of aryl methyl sites for hydroxylation is 1. The first-order chi connectivity index (χ1) is 12.1. The number of carbonyl (C=O) groups is 2. The van der Waals surface area contributed by atoms with Gasteiger partial charge < -0.3 is 5.11 Å². The number of carboxylic acid groups (broad SMARTS) is 1. The van der Waals surface area contributed by atoms with Crippen LogP contribution in [-0.2, 0) is 0 Å². The molecule has 0 aliphatic heterocycles. The molecule has 122 valence electrons. The van der Waals surface area contributed by atoms with Crippen molar-refractivity contribution in [2.45, 2.75) is 6.92 Å². The van der Waals surface area contributed by atoms with Gasteiger partial charge in [-0.05, 0) is 31.2 Å². The third kappa shape index (κ3) is 2.51. The molecular formula is C21H14O3S. The number of carbonyl (C=O) groups excluding carboxylic acids is 1. The van der Waals surface area contributed by atoms with Gasteiger partial charge in [0.1, 0.15) is 0 Å². The zero-order chi connectivity index (χ0) is 17.6. The fourth-order valence-electron chi connectivity index (χ4n) is 3.14. The second-order valence-corrected chi connectivity index (χ2v) is 7.04. The Bertz CT molecular complexity index is 1150. The van der Waals surface area contributed by atoms with Crippen molar-refractivity contribution in [3.05, 3.63) is 82.9 Å². The maximum atomic E-state index is 13.2. The molecule has 0 radical (unpaired) electrons. The summed E-state index contributed by atoms with van der Waals surface area (Å²) in [5.74, 6) is -1.35. The number of hydrogen-bond donors (Lipinski definition) is 1. The predicted molar refractivity (Wildman–Crippen MR) is 101 cm³/mol. The van der Waals surface area contributed by atoms with Gasteiger partial charge in [0.2, 0.25) is 0 Å². The third-order valence-corrected chi connectivity index (χ3v) is 5.43. The molecule has 3 nitrogen and oxygen atoms in total. The lowest BCUT2D eigenvalue weighted by atomic mass is 9.94. The Kier molecular flexibility index (Phi) is 3.62. The first-order valence-corrected chi connectivity index (χ1v) is 8.67. The van der Waals surface area contributed by atoms with Crippen LogP contribution >= 0.6 is 11.3 Å². The minimum absolute atomic E-state index is 0.0344. The topological polar surface area (TPSA) is 54.4 Å². The van der Waals surface area contributed by atoms with Crippen molar-refractivity contribution >= 4 is 43.3 Å². The summed E-state index contributed by atoms with van der Waals surface area (Å²) in [6, 6.07) is 18.4. The molecule has 0 atom stereocenters. The lowest BCUT2D eigenvalue weighted by molar-refractivity contribution is 0.0693. The molecule has 0 amide bonds. The van der Waals surface area contributed by atoms with Gasteiger partial charge in [-0.15, -0.1) is 11.3 Å². The van der Waals surface area contributed by atoms with Crippen molar-refractivity contribution in [3.63, 3.8) is 0 Å². The summed E-state index contributed by atoms with van der Waals surface area (Å²) in [5.41, 5.74) is 1.67. The third-order valence-electron chi connectivity index (χ3n) is 4.30. The number of carboxylic acids is 1. The SMILES string of the molecule is Cc1ccc(C(=O)O)c(C(=O)c2cccc3sc4ccccc4c23)c1. The van der Waals surface area contributed by atoms with E-state index in [1.807, 2.05) is 43.3 Å². The molecule has 1 aromatic heterocycles. The number of benzene rings is 3. The summed E-state index contributed by atoms with van der Waals surface area (Å²) in [4.78, 5) is 24.8. The molecule has 0 saturated heterocycles. The van der Waals surface area contributed by atoms with E-state index < -0.39 is 5.97 Å². The van der Waals surface area contributed by atoms with Crippen molar-refractivity contribution in [1.29, 1.82) is 0 Å².